The molecule has 1 aliphatic heterocycles. The first-order valence-corrected chi connectivity index (χ1v) is 16.6. The van der Waals surface area contributed by atoms with Gasteiger partial charge in [0.05, 0.1) is 22.8 Å². The average molecular weight is 618 g/mol. The maximum Gasteiger partial charge on any atom is 0.409 e. The Balaban J connectivity index is 1.56. The molecule has 0 aliphatic carbocycles. The maximum atomic E-state index is 13.9. The van der Waals surface area contributed by atoms with Crippen molar-refractivity contribution in [3.63, 3.8) is 0 Å². The fourth-order valence-corrected chi connectivity index (χ4v) is 7.19. The largest absolute Gasteiger partial charge is 0.492 e. The van der Waals surface area contributed by atoms with E-state index in [1.54, 1.807) is 24.0 Å². The van der Waals surface area contributed by atoms with Crippen molar-refractivity contribution >= 4 is 48.7 Å². The van der Waals surface area contributed by atoms with E-state index in [1.807, 2.05) is 25.1 Å². The van der Waals surface area contributed by atoms with Crippen LogP contribution in [0.15, 0.2) is 47.4 Å². The third kappa shape index (κ3) is 7.02. The summed E-state index contributed by atoms with van der Waals surface area (Å²) in [5, 5.41) is 0.561. The summed E-state index contributed by atoms with van der Waals surface area (Å²) >= 11 is 1.42. The number of ether oxygens (including phenoxy) is 2. The van der Waals surface area contributed by atoms with Crippen molar-refractivity contribution < 1.29 is 27.5 Å². The van der Waals surface area contributed by atoms with Crippen LogP contribution in [0.2, 0.25) is 0 Å². The summed E-state index contributed by atoms with van der Waals surface area (Å²) in [6.07, 6.45) is -0.440. The van der Waals surface area contributed by atoms with Crippen molar-refractivity contribution in [3.05, 3.63) is 48.0 Å². The van der Waals surface area contributed by atoms with E-state index in [0.717, 1.165) is 17.8 Å². The van der Waals surface area contributed by atoms with Gasteiger partial charge >= 0.3 is 6.09 Å². The normalized spacial score (nSPS) is 14.4. The van der Waals surface area contributed by atoms with Gasteiger partial charge in [0.1, 0.15) is 11.3 Å². The van der Waals surface area contributed by atoms with Gasteiger partial charge in [-0.3, -0.25) is 9.69 Å². The van der Waals surface area contributed by atoms with Gasteiger partial charge in [0.25, 0.3) is 5.91 Å². The zero-order valence-corrected chi connectivity index (χ0v) is 26.2. The van der Waals surface area contributed by atoms with Crippen molar-refractivity contribution in [1.29, 1.82) is 0 Å². The molecule has 0 saturated carbocycles. The first-order chi connectivity index (χ1) is 20.2. The quantitative estimate of drug-likeness (QED) is 0.298. The molecular formula is C29H39N5O6S2. The zero-order chi connectivity index (χ0) is 30.3. The van der Waals surface area contributed by atoms with Crippen LogP contribution in [0.5, 0.6) is 5.75 Å². The highest BCUT2D eigenvalue weighted by molar-refractivity contribution is 7.89. The van der Waals surface area contributed by atoms with Crippen LogP contribution in [0.25, 0.3) is 10.2 Å². The van der Waals surface area contributed by atoms with E-state index >= 15 is 0 Å². The predicted molar refractivity (Wildman–Crippen MR) is 164 cm³/mol. The van der Waals surface area contributed by atoms with Crippen molar-refractivity contribution in [2.24, 2.45) is 0 Å². The zero-order valence-electron chi connectivity index (χ0n) is 24.6. The smallest absolute Gasteiger partial charge is 0.409 e. The highest BCUT2D eigenvalue weighted by Crippen LogP contribution is 2.35. The molecule has 11 nitrogen and oxygen atoms in total. The number of para-hydroxylation sites is 1. The number of amides is 2. The van der Waals surface area contributed by atoms with E-state index < -0.39 is 16.1 Å². The van der Waals surface area contributed by atoms with Gasteiger partial charge in [-0.1, -0.05) is 31.3 Å². The molecule has 0 spiro atoms. The molecule has 228 valence electrons. The Kier molecular flexibility index (Phi) is 10.8. The summed E-state index contributed by atoms with van der Waals surface area (Å²) in [5.41, 5.74) is 1.08. The molecule has 13 heteroatoms. The van der Waals surface area contributed by atoms with E-state index in [9.17, 15) is 18.0 Å². The standard InChI is InChI=1S/C29H39N5O6S2/c1-5-31(6-2)16-21-34(28-30-26-24(39-7-3)10-9-11-25(26)41-28)27(35)22-12-14-23(15-13-22)42(37,38)33-19-17-32(18-20-33)29(36)40-8-4/h9-15H,5-8,16-21H2,1-4H3. The van der Waals surface area contributed by atoms with Crippen LogP contribution >= 0.6 is 11.3 Å². The Labute approximate surface area is 251 Å². The lowest BCUT2D eigenvalue weighted by Gasteiger charge is -2.33. The number of thiazole rings is 1. The summed E-state index contributed by atoms with van der Waals surface area (Å²) in [7, 11) is -3.80. The number of anilines is 1. The summed E-state index contributed by atoms with van der Waals surface area (Å²) < 4.78 is 39.7. The van der Waals surface area contributed by atoms with Crippen LogP contribution in [0.1, 0.15) is 38.1 Å². The summed E-state index contributed by atoms with van der Waals surface area (Å²) in [6, 6.07) is 11.8. The molecule has 3 aromatic rings. The van der Waals surface area contributed by atoms with Gasteiger partial charge in [-0.15, -0.1) is 0 Å². The van der Waals surface area contributed by atoms with Gasteiger partial charge in [-0.25, -0.2) is 18.2 Å². The second-order valence-electron chi connectivity index (χ2n) is 9.63. The number of fused-ring (bicyclic) bond motifs is 1. The number of rotatable bonds is 12. The fourth-order valence-electron chi connectivity index (χ4n) is 4.76. The van der Waals surface area contributed by atoms with Gasteiger partial charge in [0.15, 0.2) is 5.13 Å². The second-order valence-corrected chi connectivity index (χ2v) is 12.6. The monoisotopic (exact) mass is 617 g/mol. The Morgan fingerprint density at radius 3 is 2.24 bits per heavy atom. The van der Waals surface area contributed by atoms with Crippen LogP contribution in [0.3, 0.4) is 0 Å². The molecule has 0 unspecified atom stereocenters. The average Bonchev–Trinajstić information content (AvgIpc) is 3.44. The Morgan fingerprint density at radius 1 is 0.929 bits per heavy atom. The minimum Gasteiger partial charge on any atom is -0.492 e. The van der Waals surface area contributed by atoms with Gasteiger partial charge in [-0.05, 0) is 63.3 Å². The van der Waals surface area contributed by atoms with Gasteiger partial charge in [0, 0.05) is 44.8 Å². The molecule has 1 fully saturated rings. The number of piperazine rings is 1. The molecule has 0 radical (unpaired) electrons. The molecule has 0 atom stereocenters. The minimum atomic E-state index is -3.80. The number of nitrogens with zero attached hydrogens (tertiary/aromatic N) is 5. The van der Waals surface area contributed by atoms with E-state index in [2.05, 4.69) is 18.7 Å². The molecule has 2 amide bonds. The lowest BCUT2D eigenvalue weighted by atomic mass is 10.2. The molecular weight excluding hydrogens is 578 g/mol. The number of benzene rings is 2. The van der Waals surface area contributed by atoms with E-state index in [0.29, 0.717) is 41.7 Å². The van der Waals surface area contributed by atoms with Crippen molar-refractivity contribution in [2.45, 2.75) is 32.6 Å². The van der Waals surface area contributed by atoms with Crippen LogP contribution in [0.4, 0.5) is 9.93 Å². The molecule has 1 saturated heterocycles. The van der Waals surface area contributed by atoms with Gasteiger partial charge < -0.3 is 19.3 Å². The molecule has 1 aromatic heterocycles. The molecule has 0 bridgehead atoms. The third-order valence-electron chi connectivity index (χ3n) is 7.18. The number of aromatic nitrogens is 1. The highest BCUT2D eigenvalue weighted by Gasteiger charge is 2.31. The maximum absolute atomic E-state index is 13.9. The van der Waals surface area contributed by atoms with E-state index in [-0.39, 0.29) is 43.6 Å². The molecule has 0 N–H and O–H groups in total. The molecule has 2 heterocycles. The van der Waals surface area contributed by atoms with Crippen molar-refractivity contribution in [2.75, 3.05) is 70.5 Å². The summed E-state index contributed by atoms with van der Waals surface area (Å²) in [6.45, 7) is 12.2. The highest BCUT2D eigenvalue weighted by atomic mass is 32.2. The topological polar surface area (TPSA) is 113 Å². The lowest BCUT2D eigenvalue weighted by molar-refractivity contribution is 0.0933. The van der Waals surface area contributed by atoms with Gasteiger partial charge in [0.2, 0.25) is 10.0 Å². The fraction of sp³-hybridized carbons (Fsp3) is 0.483. The number of sulfonamides is 1. The van der Waals surface area contributed by atoms with Crippen LogP contribution in [0, 0.1) is 0 Å². The number of likely N-dealkylation sites (N-methyl/N-ethyl adjacent to an activating group) is 1. The molecule has 1 aliphatic rings. The van der Waals surface area contributed by atoms with Crippen molar-refractivity contribution in [1.82, 2.24) is 19.1 Å². The van der Waals surface area contributed by atoms with Crippen LogP contribution < -0.4 is 9.64 Å². The molecule has 42 heavy (non-hydrogen) atoms. The minimum absolute atomic E-state index is 0.0969. The summed E-state index contributed by atoms with van der Waals surface area (Å²) in [5.74, 6) is 0.414. The Hall–Kier alpha value is -3.26. The first-order valence-electron chi connectivity index (χ1n) is 14.3. The predicted octanol–water partition coefficient (Wildman–Crippen LogP) is 4.15. The first kappa shape index (κ1) is 31.7. The molecule has 4 rings (SSSR count). The third-order valence-corrected chi connectivity index (χ3v) is 10.1. The van der Waals surface area contributed by atoms with E-state index in [1.165, 1.54) is 32.7 Å². The van der Waals surface area contributed by atoms with E-state index in [4.69, 9.17) is 14.5 Å². The summed E-state index contributed by atoms with van der Waals surface area (Å²) in [4.78, 5) is 36.1. The van der Waals surface area contributed by atoms with Crippen molar-refractivity contribution in [3.8, 4) is 5.75 Å². The molecule has 2 aromatic carbocycles. The number of hydrogen-bond donors (Lipinski definition) is 0. The van der Waals surface area contributed by atoms with Crippen LogP contribution in [-0.4, -0.2) is 105 Å². The number of hydrogen-bond acceptors (Lipinski definition) is 9. The Morgan fingerprint density at radius 2 is 1.62 bits per heavy atom. The number of carbonyl (C=O) groups is 2. The number of carbonyl (C=O) groups excluding carboxylic acids is 2. The van der Waals surface area contributed by atoms with Crippen LogP contribution in [-0.2, 0) is 14.8 Å². The Bertz CT molecular complexity index is 1470. The second kappa shape index (κ2) is 14.3. The SMILES string of the molecule is CCOC(=O)N1CCN(S(=O)(=O)c2ccc(C(=O)N(CCN(CC)CC)c3nc4c(OCC)cccc4s3)cc2)CC1. The van der Waals surface area contributed by atoms with Gasteiger partial charge in [-0.2, -0.15) is 4.31 Å². The lowest BCUT2D eigenvalue weighted by Crippen LogP contribution is -2.50.